The van der Waals surface area contributed by atoms with Crippen molar-refractivity contribution in [2.75, 3.05) is 12.0 Å². The lowest BCUT2D eigenvalue weighted by atomic mass is 10.1. The molecule has 3 aromatic rings. The van der Waals surface area contributed by atoms with Crippen molar-refractivity contribution in [3.63, 3.8) is 0 Å². The van der Waals surface area contributed by atoms with Gasteiger partial charge in [0.1, 0.15) is 0 Å². The van der Waals surface area contributed by atoms with Gasteiger partial charge in [-0.3, -0.25) is 4.98 Å². The summed E-state index contributed by atoms with van der Waals surface area (Å²) < 4.78 is 12.0. The highest BCUT2D eigenvalue weighted by atomic mass is 16.5. The van der Waals surface area contributed by atoms with Crippen LogP contribution < -0.4 is 14.4 Å². The first-order chi connectivity index (χ1) is 14.3. The minimum Gasteiger partial charge on any atom is -0.504 e. The molecule has 150 valence electrons. The highest BCUT2D eigenvalue weighted by Gasteiger charge is 2.25. The summed E-state index contributed by atoms with van der Waals surface area (Å²) >= 11 is 0. The molecule has 4 rings (SSSR count). The van der Waals surface area contributed by atoms with E-state index < -0.39 is 0 Å². The van der Waals surface area contributed by atoms with Gasteiger partial charge in [0.2, 0.25) is 5.75 Å². The number of hydrogen-bond acceptors (Lipinski definition) is 5. The van der Waals surface area contributed by atoms with E-state index >= 15 is 0 Å². The van der Waals surface area contributed by atoms with Crippen LogP contribution in [0, 0.1) is 0 Å². The van der Waals surface area contributed by atoms with Crippen molar-refractivity contribution >= 4 is 11.4 Å². The summed E-state index contributed by atoms with van der Waals surface area (Å²) in [5, 5.41) is 10.4. The maximum absolute atomic E-state index is 10.4. The first-order valence-electron chi connectivity index (χ1n) is 10.0. The summed E-state index contributed by atoms with van der Waals surface area (Å²) in [4.78, 5) is 6.43. The Morgan fingerprint density at radius 3 is 2.48 bits per heavy atom. The Kier molecular flexibility index (Phi) is 5.84. The van der Waals surface area contributed by atoms with Gasteiger partial charge in [-0.05, 0) is 61.6 Å². The molecule has 0 radical (unpaired) electrons. The maximum Gasteiger partial charge on any atom is 0.205 e. The van der Waals surface area contributed by atoms with E-state index in [0.29, 0.717) is 18.0 Å². The van der Waals surface area contributed by atoms with Gasteiger partial charge in [0.05, 0.1) is 18.9 Å². The number of methoxy groups -OCH3 is 1. The topological polar surface area (TPSA) is 54.8 Å². The summed E-state index contributed by atoms with van der Waals surface area (Å²) in [5.41, 5.74) is 2.97. The van der Waals surface area contributed by atoms with Crippen LogP contribution in [0.2, 0.25) is 0 Å². The Balaban J connectivity index is 1.80. The summed E-state index contributed by atoms with van der Waals surface area (Å²) in [7, 11) is 1.56. The summed E-state index contributed by atoms with van der Waals surface area (Å²) in [6, 6.07) is 17.7. The van der Waals surface area contributed by atoms with Gasteiger partial charge < -0.3 is 19.5 Å². The standard InChI is InChI=1S/C24H26N2O3/c1-28-24-22(27)14-13-21(23(24)29-20-11-5-6-12-20)26(19-9-3-2-4-10-19)17-18-8-7-15-25-16-18/h2-4,7-10,13-16,20,27H,5-6,11-12,17H2,1H3. The van der Waals surface area contributed by atoms with E-state index in [2.05, 4.69) is 28.1 Å². The molecule has 1 heterocycles. The van der Waals surface area contributed by atoms with Crippen molar-refractivity contribution in [1.29, 1.82) is 0 Å². The molecule has 1 fully saturated rings. The number of para-hydroxylation sites is 1. The van der Waals surface area contributed by atoms with Crippen LogP contribution in [0.4, 0.5) is 11.4 Å². The van der Waals surface area contributed by atoms with Crippen LogP contribution in [0.5, 0.6) is 17.2 Å². The number of phenols is 1. The predicted molar refractivity (Wildman–Crippen MR) is 114 cm³/mol. The van der Waals surface area contributed by atoms with E-state index in [-0.39, 0.29) is 11.9 Å². The van der Waals surface area contributed by atoms with Gasteiger partial charge in [-0.25, -0.2) is 0 Å². The van der Waals surface area contributed by atoms with E-state index in [9.17, 15) is 5.11 Å². The van der Waals surface area contributed by atoms with Crippen LogP contribution in [0.1, 0.15) is 31.2 Å². The van der Waals surface area contributed by atoms with E-state index in [1.165, 1.54) is 12.8 Å². The van der Waals surface area contributed by atoms with Crippen LogP contribution in [0.25, 0.3) is 0 Å². The average Bonchev–Trinajstić information content (AvgIpc) is 3.27. The second-order valence-corrected chi connectivity index (χ2v) is 7.27. The molecule has 5 nitrogen and oxygen atoms in total. The number of aromatic nitrogens is 1. The van der Waals surface area contributed by atoms with Gasteiger partial charge >= 0.3 is 0 Å². The van der Waals surface area contributed by atoms with Crippen molar-refractivity contribution in [3.05, 3.63) is 72.6 Å². The molecule has 0 bridgehead atoms. The normalized spacial score (nSPS) is 14.0. The zero-order chi connectivity index (χ0) is 20.1. The Labute approximate surface area is 171 Å². The average molecular weight is 390 g/mol. The van der Waals surface area contributed by atoms with E-state index in [0.717, 1.165) is 29.8 Å². The third kappa shape index (κ3) is 4.29. The number of aromatic hydroxyl groups is 1. The molecule has 2 aromatic carbocycles. The van der Waals surface area contributed by atoms with Crippen molar-refractivity contribution < 1.29 is 14.6 Å². The number of phenolic OH excluding ortho intramolecular Hbond substituents is 1. The number of ether oxygens (including phenoxy) is 2. The van der Waals surface area contributed by atoms with Gasteiger partial charge in [0, 0.05) is 24.6 Å². The summed E-state index contributed by atoms with van der Waals surface area (Å²) in [6.07, 6.45) is 8.15. The molecule has 1 saturated carbocycles. The third-order valence-electron chi connectivity index (χ3n) is 5.28. The molecular weight excluding hydrogens is 364 g/mol. The van der Waals surface area contributed by atoms with Crippen LogP contribution in [-0.4, -0.2) is 23.3 Å². The number of benzene rings is 2. The second-order valence-electron chi connectivity index (χ2n) is 7.27. The van der Waals surface area contributed by atoms with Crippen LogP contribution in [-0.2, 0) is 6.54 Å². The zero-order valence-electron chi connectivity index (χ0n) is 16.6. The minimum absolute atomic E-state index is 0.0821. The maximum atomic E-state index is 10.4. The first-order valence-corrected chi connectivity index (χ1v) is 10.0. The van der Waals surface area contributed by atoms with E-state index in [4.69, 9.17) is 9.47 Å². The highest BCUT2D eigenvalue weighted by molar-refractivity contribution is 5.75. The van der Waals surface area contributed by atoms with Gasteiger partial charge in [-0.15, -0.1) is 0 Å². The lowest BCUT2D eigenvalue weighted by Gasteiger charge is -2.29. The summed E-state index contributed by atoms with van der Waals surface area (Å²) in [5.74, 6) is 1.05. The lowest BCUT2D eigenvalue weighted by molar-refractivity contribution is 0.199. The van der Waals surface area contributed by atoms with Crippen molar-refractivity contribution in [2.45, 2.75) is 38.3 Å². The van der Waals surface area contributed by atoms with Gasteiger partial charge in [-0.2, -0.15) is 0 Å². The fourth-order valence-electron chi connectivity index (χ4n) is 3.84. The molecular formula is C24H26N2O3. The van der Waals surface area contributed by atoms with Gasteiger partial charge in [0.25, 0.3) is 0 Å². The Hall–Kier alpha value is -3.21. The number of rotatable bonds is 7. The fraction of sp³-hybridized carbons (Fsp3) is 0.292. The number of pyridine rings is 1. The van der Waals surface area contributed by atoms with Gasteiger partial charge in [0.15, 0.2) is 11.5 Å². The van der Waals surface area contributed by atoms with Crippen LogP contribution in [0.3, 0.4) is 0 Å². The Morgan fingerprint density at radius 1 is 1.00 bits per heavy atom. The molecule has 0 atom stereocenters. The van der Waals surface area contributed by atoms with Crippen LogP contribution >= 0.6 is 0 Å². The predicted octanol–water partition coefficient (Wildman–Crippen LogP) is 5.46. The monoisotopic (exact) mass is 390 g/mol. The van der Waals surface area contributed by atoms with Crippen LogP contribution in [0.15, 0.2) is 67.0 Å². The molecule has 0 unspecified atom stereocenters. The third-order valence-corrected chi connectivity index (χ3v) is 5.28. The number of hydrogen-bond donors (Lipinski definition) is 1. The second kappa shape index (κ2) is 8.86. The van der Waals surface area contributed by atoms with E-state index in [1.807, 2.05) is 36.5 Å². The molecule has 0 spiro atoms. The largest absolute Gasteiger partial charge is 0.504 e. The molecule has 5 heteroatoms. The van der Waals surface area contributed by atoms with E-state index in [1.54, 1.807) is 19.4 Å². The molecule has 0 aliphatic heterocycles. The molecule has 1 N–H and O–H groups in total. The molecule has 1 aliphatic rings. The fourth-order valence-corrected chi connectivity index (χ4v) is 3.84. The number of nitrogens with zero attached hydrogens (tertiary/aromatic N) is 2. The molecule has 29 heavy (non-hydrogen) atoms. The first kappa shape index (κ1) is 19.1. The Morgan fingerprint density at radius 2 is 1.79 bits per heavy atom. The number of anilines is 2. The molecule has 0 amide bonds. The van der Waals surface area contributed by atoms with Crippen molar-refractivity contribution in [2.24, 2.45) is 0 Å². The quantitative estimate of drug-likeness (QED) is 0.581. The zero-order valence-corrected chi connectivity index (χ0v) is 16.6. The molecule has 1 aliphatic carbocycles. The highest BCUT2D eigenvalue weighted by Crippen LogP contribution is 2.47. The Bertz CT molecular complexity index is 926. The minimum atomic E-state index is 0.0821. The lowest BCUT2D eigenvalue weighted by Crippen LogP contribution is -2.20. The smallest absolute Gasteiger partial charge is 0.205 e. The van der Waals surface area contributed by atoms with Crippen molar-refractivity contribution in [1.82, 2.24) is 4.98 Å². The van der Waals surface area contributed by atoms with Crippen molar-refractivity contribution in [3.8, 4) is 17.2 Å². The SMILES string of the molecule is COc1c(O)ccc(N(Cc2cccnc2)c2ccccc2)c1OC1CCCC1. The van der Waals surface area contributed by atoms with Gasteiger partial charge in [-0.1, -0.05) is 24.3 Å². The molecule has 0 saturated heterocycles. The molecule has 1 aromatic heterocycles. The summed E-state index contributed by atoms with van der Waals surface area (Å²) in [6.45, 7) is 0.618.